The standard InChI is InChI=1S/C7H12ClNO2/c1-7(3-2-5-8)4-6-11-9-10/h2,5,7H,3-4,6H2,1H3/b5-2+. The number of allylic oxidation sites excluding steroid dienone is 1. The van der Waals surface area contributed by atoms with Crippen LogP contribution in [0.3, 0.4) is 0 Å². The Balaban J connectivity index is 3.21. The molecule has 0 aliphatic carbocycles. The third-order valence-electron chi connectivity index (χ3n) is 1.38. The number of rotatable bonds is 6. The number of halogens is 1. The highest BCUT2D eigenvalue weighted by molar-refractivity contribution is 6.25. The summed E-state index contributed by atoms with van der Waals surface area (Å²) in [6.45, 7) is 2.45. The molecule has 0 aromatic carbocycles. The summed E-state index contributed by atoms with van der Waals surface area (Å²) in [4.78, 5) is 13.8. The molecule has 0 radical (unpaired) electrons. The summed E-state index contributed by atoms with van der Waals surface area (Å²) < 4.78 is 0. The molecule has 0 amide bonds. The molecule has 64 valence electrons. The van der Waals surface area contributed by atoms with Crippen LogP contribution >= 0.6 is 11.6 Å². The Labute approximate surface area is 71.3 Å². The maximum Gasteiger partial charge on any atom is 0.155 e. The zero-order valence-electron chi connectivity index (χ0n) is 6.50. The lowest BCUT2D eigenvalue weighted by Crippen LogP contribution is -1.97. The van der Waals surface area contributed by atoms with Crippen LogP contribution in [-0.2, 0) is 4.84 Å². The second-order valence-corrected chi connectivity index (χ2v) is 2.65. The van der Waals surface area contributed by atoms with Crippen molar-refractivity contribution >= 4 is 11.6 Å². The Hall–Kier alpha value is -0.570. The van der Waals surface area contributed by atoms with Gasteiger partial charge in [0.15, 0.2) is 5.34 Å². The van der Waals surface area contributed by atoms with Gasteiger partial charge in [-0.3, -0.25) is 0 Å². The molecule has 11 heavy (non-hydrogen) atoms. The molecule has 0 saturated heterocycles. The summed E-state index contributed by atoms with van der Waals surface area (Å²) in [7, 11) is 0. The molecule has 0 bridgehead atoms. The van der Waals surface area contributed by atoms with Crippen LogP contribution in [0.5, 0.6) is 0 Å². The average molecular weight is 178 g/mol. The summed E-state index contributed by atoms with van der Waals surface area (Å²) in [6, 6.07) is 0. The highest BCUT2D eigenvalue weighted by Gasteiger charge is 1.98. The van der Waals surface area contributed by atoms with Crippen molar-refractivity contribution in [3.63, 3.8) is 0 Å². The van der Waals surface area contributed by atoms with E-state index in [2.05, 4.69) is 17.1 Å². The summed E-state index contributed by atoms with van der Waals surface area (Å²) in [5.41, 5.74) is 1.50. The molecule has 1 unspecified atom stereocenters. The van der Waals surface area contributed by atoms with Crippen molar-refractivity contribution in [1.29, 1.82) is 0 Å². The molecule has 1 atom stereocenters. The smallest absolute Gasteiger partial charge is 0.155 e. The van der Waals surface area contributed by atoms with E-state index in [9.17, 15) is 4.91 Å². The normalized spacial score (nSPS) is 13.3. The van der Waals surface area contributed by atoms with Gasteiger partial charge in [0.2, 0.25) is 0 Å². The van der Waals surface area contributed by atoms with Crippen molar-refractivity contribution < 1.29 is 4.84 Å². The number of hydrogen-bond donors (Lipinski definition) is 0. The fraction of sp³-hybridized carbons (Fsp3) is 0.714. The van der Waals surface area contributed by atoms with Crippen LogP contribution < -0.4 is 0 Å². The lowest BCUT2D eigenvalue weighted by atomic mass is 10.1. The molecule has 0 aromatic rings. The molecule has 0 aliphatic rings. The van der Waals surface area contributed by atoms with Gasteiger partial charge in [-0.1, -0.05) is 24.6 Å². The first-order chi connectivity index (χ1) is 5.31. The van der Waals surface area contributed by atoms with Crippen LogP contribution in [0.2, 0.25) is 0 Å². The van der Waals surface area contributed by atoms with Crippen molar-refractivity contribution in [2.45, 2.75) is 19.8 Å². The van der Waals surface area contributed by atoms with Crippen LogP contribution in [0.4, 0.5) is 0 Å². The number of nitrogens with zero attached hydrogens (tertiary/aromatic N) is 1. The van der Waals surface area contributed by atoms with Crippen LogP contribution in [0, 0.1) is 10.8 Å². The van der Waals surface area contributed by atoms with Crippen molar-refractivity contribution in [1.82, 2.24) is 0 Å². The van der Waals surface area contributed by atoms with Gasteiger partial charge in [-0.05, 0) is 18.8 Å². The first-order valence-electron chi connectivity index (χ1n) is 3.51. The minimum Gasteiger partial charge on any atom is -0.364 e. The van der Waals surface area contributed by atoms with Gasteiger partial charge >= 0.3 is 0 Å². The van der Waals surface area contributed by atoms with Crippen molar-refractivity contribution in [2.75, 3.05) is 6.61 Å². The van der Waals surface area contributed by atoms with Crippen molar-refractivity contribution in [2.24, 2.45) is 11.3 Å². The summed E-state index contributed by atoms with van der Waals surface area (Å²) in [5, 5.41) is 2.29. The largest absolute Gasteiger partial charge is 0.364 e. The Bertz CT molecular complexity index is 128. The second-order valence-electron chi connectivity index (χ2n) is 2.40. The molecule has 0 saturated carbocycles. The highest BCUT2D eigenvalue weighted by Crippen LogP contribution is 2.08. The van der Waals surface area contributed by atoms with E-state index in [1.165, 1.54) is 5.54 Å². The van der Waals surface area contributed by atoms with Crippen LogP contribution in [-0.4, -0.2) is 6.61 Å². The summed E-state index contributed by atoms with van der Waals surface area (Å²) in [5.74, 6) is 0.478. The Morgan fingerprint density at radius 1 is 1.73 bits per heavy atom. The van der Waals surface area contributed by atoms with E-state index in [0.717, 1.165) is 12.8 Å². The van der Waals surface area contributed by atoms with Crippen LogP contribution in [0.15, 0.2) is 17.0 Å². The SMILES string of the molecule is CC(C/C=C/Cl)CCON=O. The minimum absolute atomic E-state index is 0.390. The summed E-state index contributed by atoms with van der Waals surface area (Å²) in [6.07, 6.45) is 3.61. The Morgan fingerprint density at radius 3 is 3.00 bits per heavy atom. The molecule has 3 nitrogen and oxygen atoms in total. The van der Waals surface area contributed by atoms with Crippen LogP contribution in [0.1, 0.15) is 19.8 Å². The first-order valence-corrected chi connectivity index (χ1v) is 3.94. The molecule has 0 aromatic heterocycles. The maximum atomic E-state index is 9.49. The van der Waals surface area contributed by atoms with E-state index in [1.807, 2.05) is 6.08 Å². The molecule has 0 fully saturated rings. The highest BCUT2D eigenvalue weighted by atomic mass is 35.5. The van der Waals surface area contributed by atoms with E-state index >= 15 is 0 Å². The molecule has 0 rings (SSSR count). The maximum absolute atomic E-state index is 9.49. The van der Waals surface area contributed by atoms with Gasteiger partial charge in [-0.25, -0.2) is 0 Å². The minimum atomic E-state index is 0.390. The third-order valence-corrected chi connectivity index (χ3v) is 1.56. The van der Waals surface area contributed by atoms with E-state index in [1.54, 1.807) is 0 Å². The van der Waals surface area contributed by atoms with Gasteiger partial charge in [0.05, 0.1) is 0 Å². The molecule has 0 N–H and O–H groups in total. The van der Waals surface area contributed by atoms with Gasteiger partial charge in [-0.15, -0.1) is 4.91 Å². The molecule has 0 heterocycles. The zero-order valence-corrected chi connectivity index (χ0v) is 7.25. The van der Waals surface area contributed by atoms with E-state index < -0.39 is 0 Å². The van der Waals surface area contributed by atoms with Gasteiger partial charge in [0.1, 0.15) is 6.61 Å². The van der Waals surface area contributed by atoms with E-state index in [4.69, 9.17) is 11.6 Å². The van der Waals surface area contributed by atoms with E-state index in [0.29, 0.717) is 12.5 Å². The zero-order chi connectivity index (χ0) is 8.53. The van der Waals surface area contributed by atoms with Gasteiger partial charge in [0.25, 0.3) is 0 Å². The lowest BCUT2D eigenvalue weighted by Gasteiger charge is -2.04. The molecule has 0 spiro atoms. The van der Waals surface area contributed by atoms with Gasteiger partial charge in [-0.2, -0.15) is 0 Å². The van der Waals surface area contributed by atoms with Crippen molar-refractivity contribution in [3.8, 4) is 0 Å². The lowest BCUT2D eigenvalue weighted by molar-refractivity contribution is 0.127. The van der Waals surface area contributed by atoms with Gasteiger partial charge < -0.3 is 4.84 Å². The quantitative estimate of drug-likeness (QED) is 0.356. The molecule has 0 aliphatic heterocycles. The third kappa shape index (κ3) is 7.33. The van der Waals surface area contributed by atoms with Crippen LogP contribution in [0.25, 0.3) is 0 Å². The predicted molar refractivity (Wildman–Crippen MR) is 45.1 cm³/mol. The average Bonchev–Trinajstić information content (AvgIpc) is 2.01. The topological polar surface area (TPSA) is 38.7 Å². The predicted octanol–water partition coefficient (Wildman–Crippen LogP) is 2.85. The second kappa shape index (κ2) is 7.54. The van der Waals surface area contributed by atoms with Crippen molar-refractivity contribution in [3.05, 3.63) is 16.5 Å². The van der Waals surface area contributed by atoms with Gasteiger partial charge in [0, 0.05) is 5.54 Å². The molecular formula is C7H12ClNO2. The Morgan fingerprint density at radius 2 is 2.45 bits per heavy atom. The first kappa shape index (κ1) is 10.4. The molecule has 4 heteroatoms. The Kier molecular flexibility index (Phi) is 7.15. The summed E-state index contributed by atoms with van der Waals surface area (Å²) >= 11 is 5.33. The fourth-order valence-electron chi connectivity index (χ4n) is 0.693. The number of hydrogen-bond acceptors (Lipinski definition) is 3. The fourth-order valence-corrected chi connectivity index (χ4v) is 0.796. The molecular weight excluding hydrogens is 166 g/mol. The van der Waals surface area contributed by atoms with E-state index in [-0.39, 0.29) is 0 Å². The monoisotopic (exact) mass is 177 g/mol.